The molecule has 14 heteroatoms. The van der Waals surface area contributed by atoms with Crippen LogP contribution in [0.1, 0.15) is 35.4 Å². The predicted octanol–water partition coefficient (Wildman–Crippen LogP) is 4.17. The second kappa shape index (κ2) is 14.2. The molecule has 2 heterocycles. The van der Waals surface area contributed by atoms with Gasteiger partial charge in [-0.25, -0.2) is 9.71 Å². The van der Waals surface area contributed by atoms with Gasteiger partial charge in [-0.1, -0.05) is 24.3 Å². The summed E-state index contributed by atoms with van der Waals surface area (Å²) in [5.74, 6) is -0.923. The summed E-state index contributed by atoms with van der Waals surface area (Å²) < 4.78 is 48.5. The Morgan fingerprint density at radius 2 is 1.69 bits per heavy atom. The van der Waals surface area contributed by atoms with Crippen molar-refractivity contribution in [2.75, 3.05) is 25.5 Å². The summed E-state index contributed by atoms with van der Waals surface area (Å²) in [6.07, 6.45) is 1.38. The molecule has 2 atom stereocenters. The van der Waals surface area contributed by atoms with Crippen molar-refractivity contribution in [3.05, 3.63) is 101 Å². The van der Waals surface area contributed by atoms with E-state index in [9.17, 15) is 27.5 Å². The molecular weight excluding hydrogens is 651 g/mol. The van der Waals surface area contributed by atoms with E-state index in [0.717, 1.165) is 18.5 Å². The van der Waals surface area contributed by atoms with Gasteiger partial charge >= 0.3 is 16.1 Å². The lowest BCUT2D eigenvalue weighted by Crippen LogP contribution is -2.56. The van der Waals surface area contributed by atoms with Gasteiger partial charge in [0.05, 0.1) is 25.0 Å². The fraction of sp³-hybridized carbons (Fsp3) is 0.314. The quantitative estimate of drug-likeness (QED) is 0.128. The second-order valence-corrected chi connectivity index (χ2v) is 14.2. The molecule has 0 saturated carbocycles. The van der Waals surface area contributed by atoms with Crippen LogP contribution in [-0.2, 0) is 34.9 Å². The molecule has 0 radical (unpaired) electrons. The van der Waals surface area contributed by atoms with Gasteiger partial charge in [0.25, 0.3) is 5.91 Å². The topological polar surface area (TPSA) is 157 Å². The molecule has 1 aromatic heterocycles. The SMILES string of the molecule is Cc1nn(C)c(C)c1S(=O)(=O)Oc1ccc(NC(=O)/[N+](=C2\CCC[N+](C)(Cc3ccc(F)cc3)C2)[C@@H](Cc2ccc(O)cc2)C(N)=O)cc1. The normalized spacial score (nSPS) is 18.1. The smallest absolute Gasteiger partial charge is 0.496 e. The molecule has 49 heavy (non-hydrogen) atoms. The van der Waals surface area contributed by atoms with Crippen LogP contribution in [0.4, 0.5) is 14.9 Å². The molecule has 3 amide bonds. The maximum Gasteiger partial charge on any atom is 0.496 e. The van der Waals surface area contributed by atoms with Crippen LogP contribution in [-0.4, -0.2) is 76.2 Å². The number of phenols is 1. The molecule has 12 nitrogen and oxygen atoms in total. The average molecular weight is 693 g/mol. The molecular formula is C35H41FN6O6S+2. The van der Waals surface area contributed by atoms with Gasteiger partial charge in [-0.2, -0.15) is 22.9 Å². The number of aryl methyl sites for hydroxylation is 2. The van der Waals surface area contributed by atoms with Gasteiger partial charge in [-0.05, 0) is 67.9 Å². The van der Waals surface area contributed by atoms with E-state index in [1.165, 1.54) is 57.8 Å². The number of aromatic hydroxyl groups is 1. The highest BCUT2D eigenvalue weighted by Crippen LogP contribution is 2.26. The molecule has 258 valence electrons. The van der Waals surface area contributed by atoms with Crippen molar-refractivity contribution in [1.82, 2.24) is 9.78 Å². The first-order valence-corrected chi connectivity index (χ1v) is 17.2. The van der Waals surface area contributed by atoms with E-state index in [4.69, 9.17) is 9.92 Å². The number of nitrogens with two attached hydrogens (primary N) is 1. The van der Waals surface area contributed by atoms with Gasteiger partial charge in [0.15, 0.2) is 6.04 Å². The summed E-state index contributed by atoms with van der Waals surface area (Å²) in [5.41, 5.74) is 9.39. The first-order chi connectivity index (χ1) is 23.1. The van der Waals surface area contributed by atoms with Crippen LogP contribution >= 0.6 is 0 Å². The molecule has 1 unspecified atom stereocenters. The number of halogens is 1. The second-order valence-electron chi connectivity index (χ2n) is 12.7. The third kappa shape index (κ3) is 8.32. The Hall–Kier alpha value is -5.08. The monoisotopic (exact) mass is 692 g/mol. The van der Waals surface area contributed by atoms with Gasteiger partial charge in [0.1, 0.15) is 46.7 Å². The Morgan fingerprint density at radius 3 is 2.29 bits per heavy atom. The van der Waals surface area contributed by atoms with Gasteiger partial charge in [0.2, 0.25) is 0 Å². The van der Waals surface area contributed by atoms with Crippen molar-refractivity contribution in [1.29, 1.82) is 0 Å². The number of piperidine rings is 1. The number of rotatable bonds is 10. The fourth-order valence-electron chi connectivity index (χ4n) is 6.37. The summed E-state index contributed by atoms with van der Waals surface area (Å²) in [7, 11) is -0.477. The highest BCUT2D eigenvalue weighted by molar-refractivity contribution is 7.87. The summed E-state index contributed by atoms with van der Waals surface area (Å²) in [5, 5.41) is 16.8. The minimum Gasteiger partial charge on any atom is -0.508 e. The van der Waals surface area contributed by atoms with E-state index >= 15 is 0 Å². The Morgan fingerprint density at radius 1 is 1.06 bits per heavy atom. The summed E-state index contributed by atoms with van der Waals surface area (Å²) in [4.78, 5) is 27.2. The first-order valence-electron chi connectivity index (χ1n) is 15.8. The van der Waals surface area contributed by atoms with Crippen LogP contribution in [0.25, 0.3) is 0 Å². The van der Waals surface area contributed by atoms with E-state index < -0.39 is 28.1 Å². The highest BCUT2D eigenvalue weighted by atomic mass is 32.2. The van der Waals surface area contributed by atoms with Crippen molar-refractivity contribution in [2.45, 2.75) is 50.6 Å². The molecule has 0 spiro atoms. The first kappa shape index (κ1) is 35.2. The van der Waals surface area contributed by atoms with Crippen molar-refractivity contribution in [2.24, 2.45) is 12.8 Å². The zero-order valence-corrected chi connectivity index (χ0v) is 28.7. The van der Waals surface area contributed by atoms with Crippen molar-refractivity contribution in [3.8, 4) is 11.5 Å². The van der Waals surface area contributed by atoms with Crippen LogP contribution in [0.3, 0.4) is 0 Å². The number of primary amides is 1. The number of carbonyl (C=O) groups excluding carboxylic acids is 2. The third-order valence-electron chi connectivity index (χ3n) is 8.77. The Bertz CT molecular complexity index is 1990. The van der Waals surface area contributed by atoms with Gasteiger partial charge in [-0.15, -0.1) is 0 Å². The number of likely N-dealkylation sites (tertiary alicyclic amines) is 1. The Labute approximate surface area is 285 Å². The largest absolute Gasteiger partial charge is 0.508 e. The molecule has 0 bridgehead atoms. The molecule has 0 aliphatic carbocycles. The minimum absolute atomic E-state index is 0.0107. The van der Waals surface area contributed by atoms with Crippen LogP contribution in [0, 0.1) is 19.7 Å². The standard InChI is InChI=1S/C35H39FN6O6S/c1-23-33(24(2)40(3)39-23)49(46,47)48-31-17-13-28(14-18-31)38-35(45)41(32(34(37)44)20-25-9-15-30(43)16-10-25)29-6-5-19-42(4,22-29)21-26-7-11-27(36)12-8-26/h7-18,32H,5-6,19-22H2,1-4H3,(H2-2,37,38,43,44,45)/p+2/b41-29+/t32-,42?/m0/s1. The van der Waals surface area contributed by atoms with Crippen molar-refractivity contribution < 1.29 is 40.7 Å². The zero-order chi connectivity index (χ0) is 35.5. The third-order valence-corrected chi connectivity index (χ3v) is 10.3. The molecule has 1 fully saturated rings. The Kier molecular flexibility index (Phi) is 10.2. The lowest BCUT2D eigenvalue weighted by atomic mass is 10.0. The van der Waals surface area contributed by atoms with E-state index in [2.05, 4.69) is 17.5 Å². The van der Waals surface area contributed by atoms with Crippen LogP contribution in [0.5, 0.6) is 11.5 Å². The highest BCUT2D eigenvalue weighted by Gasteiger charge is 2.39. The summed E-state index contributed by atoms with van der Waals surface area (Å²) in [6, 6.07) is 16.9. The number of anilines is 1. The van der Waals surface area contributed by atoms with E-state index in [0.29, 0.717) is 52.3 Å². The number of nitrogens with one attached hydrogen (secondary N) is 1. The molecule has 1 aliphatic rings. The maximum absolute atomic E-state index is 14.1. The average Bonchev–Trinajstić information content (AvgIpc) is 3.30. The van der Waals surface area contributed by atoms with Gasteiger partial charge < -0.3 is 19.5 Å². The Balaban J connectivity index is 1.44. The van der Waals surface area contributed by atoms with Crippen LogP contribution < -0.4 is 15.2 Å². The molecule has 4 aromatic rings. The predicted molar refractivity (Wildman–Crippen MR) is 181 cm³/mol. The van der Waals surface area contributed by atoms with E-state index in [-0.39, 0.29) is 28.6 Å². The number of hydrogen-bond acceptors (Lipinski definition) is 7. The van der Waals surface area contributed by atoms with Gasteiger partial charge in [0, 0.05) is 31.9 Å². The lowest BCUT2D eigenvalue weighted by Gasteiger charge is -2.38. The minimum atomic E-state index is -4.18. The summed E-state index contributed by atoms with van der Waals surface area (Å²) in [6.45, 7) is 5.04. The fourth-order valence-corrected chi connectivity index (χ4v) is 7.71. The van der Waals surface area contributed by atoms with E-state index in [1.807, 2.05) is 0 Å². The number of aromatic nitrogens is 2. The number of carbonyl (C=O) groups is 2. The van der Waals surface area contributed by atoms with Gasteiger partial charge in [-0.3, -0.25) is 9.48 Å². The number of urea groups is 1. The molecule has 1 saturated heterocycles. The summed E-state index contributed by atoms with van der Waals surface area (Å²) >= 11 is 0. The number of quaternary nitrogens is 1. The number of benzene rings is 3. The van der Waals surface area contributed by atoms with Crippen LogP contribution in [0.15, 0.2) is 77.7 Å². The maximum atomic E-state index is 14.1. The number of phenolic OH excluding ortho intramolecular Hbond substituents is 1. The van der Waals surface area contributed by atoms with Crippen LogP contribution in [0.2, 0.25) is 0 Å². The number of amides is 3. The zero-order valence-electron chi connectivity index (χ0n) is 27.9. The molecule has 3 aromatic carbocycles. The van der Waals surface area contributed by atoms with Crippen molar-refractivity contribution in [3.63, 3.8) is 0 Å². The molecule has 4 N–H and O–H groups in total. The number of nitrogens with zero attached hydrogens (tertiary/aromatic N) is 4. The molecule has 1 aliphatic heterocycles. The lowest BCUT2D eigenvalue weighted by molar-refractivity contribution is -0.918. The van der Waals surface area contributed by atoms with E-state index in [1.54, 1.807) is 45.2 Å². The number of hydrogen-bond donors (Lipinski definition) is 3. The van der Waals surface area contributed by atoms with Crippen molar-refractivity contribution >= 4 is 33.5 Å². The molecule has 5 rings (SSSR count).